The van der Waals surface area contributed by atoms with Gasteiger partial charge in [0.2, 0.25) is 3.57 Å². The Morgan fingerprint density at radius 3 is 2.35 bits per heavy atom. The molecule has 17 heavy (non-hydrogen) atoms. The number of esters is 1. The van der Waals surface area contributed by atoms with Crippen molar-refractivity contribution < 1.29 is 30.7 Å². The maximum atomic E-state index is 11.6. The molecule has 2 rings (SSSR count). The molecule has 2 nitrogen and oxygen atoms in total. The first-order valence-electron chi connectivity index (χ1n) is 5.18. The van der Waals surface area contributed by atoms with Gasteiger partial charge < -0.3 is 4.74 Å². The SMILES string of the molecule is COC(=O)c1ccccc1[I+]c1ccccc1. The first-order chi connectivity index (χ1) is 8.31. The van der Waals surface area contributed by atoms with Crippen LogP contribution in [0.4, 0.5) is 0 Å². The minimum absolute atomic E-state index is 0.253. The maximum absolute atomic E-state index is 11.6. The van der Waals surface area contributed by atoms with Crippen molar-refractivity contribution >= 4 is 5.97 Å². The summed E-state index contributed by atoms with van der Waals surface area (Å²) in [7, 11) is 1.42. The molecule has 0 N–H and O–H groups in total. The molecular formula is C14H12IO2+. The summed E-state index contributed by atoms with van der Waals surface area (Å²) in [5.41, 5.74) is 0.687. The van der Waals surface area contributed by atoms with Crippen molar-refractivity contribution in [2.75, 3.05) is 7.11 Å². The van der Waals surface area contributed by atoms with Gasteiger partial charge in [0.1, 0.15) is 5.56 Å². The molecule has 2 aromatic rings. The summed E-state index contributed by atoms with van der Waals surface area (Å²) in [5, 5.41) is 0. The minimum Gasteiger partial charge on any atom is -0.465 e. The number of carbonyl (C=O) groups excluding carboxylic acids is 1. The van der Waals surface area contributed by atoms with Gasteiger partial charge in [0.05, 0.1) is 7.11 Å². The topological polar surface area (TPSA) is 26.3 Å². The summed E-state index contributed by atoms with van der Waals surface area (Å²) in [6, 6.07) is 17.9. The van der Waals surface area contributed by atoms with Crippen LogP contribution in [-0.2, 0) is 4.74 Å². The van der Waals surface area contributed by atoms with E-state index in [1.165, 1.54) is 10.7 Å². The van der Waals surface area contributed by atoms with Gasteiger partial charge in [-0.25, -0.2) is 4.79 Å². The molecule has 0 heterocycles. The molecular weight excluding hydrogens is 327 g/mol. The van der Waals surface area contributed by atoms with Crippen molar-refractivity contribution in [2.45, 2.75) is 0 Å². The molecule has 0 aliphatic carbocycles. The molecule has 0 saturated carbocycles. The van der Waals surface area contributed by atoms with Crippen LogP contribution in [0.5, 0.6) is 0 Å². The Labute approximate surface area is 111 Å². The highest BCUT2D eigenvalue weighted by molar-refractivity contribution is 5.88. The van der Waals surface area contributed by atoms with Crippen LogP contribution >= 0.6 is 0 Å². The van der Waals surface area contributed by atoms with Crippen molar-refractivity contribution in [1.82, 2.24) is 0 Å². The molecule has 0 aliphatic rings. The largest absolute Gasteiger partial charge is 0.465 e. The van der Waals surface area contributed by atoms with Crippen molar-refractivity contribution in [2.24, 2.45) is 0 Å². The molecule has 0 unspecified atom stereocenters. The van der Waals surface area contributed by atoms with Gasteiger partial charge in [0, 0.05) is 0 Å². The summed E-state index contributed by atoms with van der Waals surface area (Å²) in [6.07, 6.45) is 0. The van der Waals surface area contributed by atoms with Crippen LogP contribution in [0.15, 0.2) is 54.6 Å². The fourth-order valence-electron chi connectivity index (χ4n) is 1.41. The van der Waals surface area contributed by atoms with Gasteiger partial charge in [0.15, 0.2) is 3.57 Å². The zero-order chi connectivity index (χ0) is 12.1. The fourth-order valence-corrected chi connectivity index (χ4v) is 3.94. The minimum atomic E-state index is -0.334. The molecule has 0 bridgehead atoms. The summed E-state index contributed by atoms with van der Waals surface area (Å²) in [4.78, 5) is 11.6. The molecule has 0 aromatic heterocycles. The molecule has 0 aliphatic heterocycles. The van der Waals surface area contributed by atoms with Crippen LogP contribution in [-0.4, -0.2) is 13.1 Å². The standard InChI is InChI=1S/C14H12IO2/c1-17-14(16)12-9-5-6-10-13(12)15-11-7-3-2-4-8-11/h2-10H,1H3/q+1. The number of benzene rings is 2. The first-order valence-corrected chi connectivity index (χ1v) is 7.34. The van der Waals surface area contributed by atoms with Gasteiger partial charge >= 0.3 is 27.2 Å². The lowest BCUT2D eigenvalue weighted by atomic mass is 10.2. The maximum Gasteiger partial charge on any atom is 0.358 e. The highest BCUT2D eigenvalue weighted by Gasteiger charge is 2.23. The van der Waals surface area contributed by atoms with Crippen molar-refractivity contribution in [3.8, 4) is 0 Å². The Hall–Kier alpha value is -1.36. The zero-order valence-corrected chi connectivity index (χ0v) is 11.5. The molecule has 3 heteroatoms. The second-order valence-corrected chi connectivity index (χ2v) is 6.31. The molecule has 0 radical (unpaired) electrons. The van der Waals surface area contributed by atoms with Crippen molar-refractivity contribution in [1.29, 1.82) is 0 Å². The second-order valence-electron chi connectivity index (χ2n) is 3.36. The molecule has 86 valence electrons. The quantitative estimate of drug-likeness (QED) is 0.562. The third kappa shape index (κ3) is 3.06. The predicted octanol–water partition coefficient (Wildman–Crippen LogP) is -0.398. The third-order valence-corrected chi connectivity index (χ3v) is 5.09. The van der Waals surface area contributed by atoms with E-state index in [1.54, 1.807) is 0 Å². The van der Waals surface area contributed by atoms with E-state index in [4.69, 9.17) is 4.74 Å². The van der Waals surface area contributed by atoms with E-state index < -0.39 is 0 Å². The van der Waals surface area contributed by atoms with Gasteiger partial charge in [-0.2, -0.15) is 0 Å². The summed E-state index contributed by atoms with van der Waals surface area (Å²) >= 11 is -0.334. The van der Waals surface area contributed by atoms with Crippen LogP contribution in [0.1, 0.15) is 10.4 Å². The number of ether oxygens (including phenoxy) is 1. The average Bonchev–Trinajstić information content (AvgIpc) is 2.40. The molecule has 0 amide bonds. The lowest BCUT2D eigenvalue weighted by molar-refractivity contribution is -0.597. The Bertz CT molecular complexity index is 509. The van der Waals surface area contributed by atoms with Crippen molar-refractivity contribution in [3.63, 3.8) is 0 Å². The van der Waals surface area contributed by atoms with E-state index >= 15 is 0 Å². The fraction of sp³-hybridized carbons (Fsp3) is 0.0714. The van der Waals surface area contributed by atoms with E-state index in [-0.39, 0.29) is 27.2 Å². The van der Waals surface area contributed by atoms with Crippen LogP contribution < -0.4 is 21.2 Å². The number of hydrogen-bond donors (Lipinski definition) is 0. The monoisotopic (exact) mass is 339 g/mol. The number of rotatable bonds is 3. The van der Waals surface area contributed by atoms with Crippen LogP contribution in [0.25, 0.3) is 0 Å². The Balaban J connectivity index is 2.30. The smallest absolute Gasteiger partial charge is 0.358 e. The molecule has 0 atom stereocenters. The van der Waals surface area contributed by atoms with E-state index in [9.17, 15) is 4.79 Å². The predicted molar refractivity (Wildman–Crippen MR) is 61.6 cm³/mol. The van der Waals surface area contributed by atoms with Gasteiger partial charge in [0.25, 0.3) is 0 Å². The second kappa shape index (κ2) is 5.82. The molecule has 2 aromatic carbocycles. The Morgan fingerprint density at radius 2 is 1.65 bits per heavy atom. The number of hydrogen-bond acceptors (Lipinski definition) is 2. The zero-order valence-electron chi connectivity index (χ0n) is 9.39. The van der Waals surface area contributed by atoms with Crippen LogP contribution in [0.3, 0.4) is 0 Å². The van der Waals surface area contributed by atoms with Crippen LogP contribution in [0.2, 0.25) is 0 Å². The lowest BCUT2D eigenvalue weighted by Gasteiger charge is -1.98. The lowest BCUT2D eigenvalue weighted by Crippen LogP contribution is -3.61. The molecule has 0 spiro atoms. The summed E-state index contributed by atoms with van der Waals surface area (Å²) < 4.78 is 7.19. The van der Waals surface area contributed by atoms with Gasteiger partial charge in [-0.3, -0.25) is 0 Å². The molecule has 0 saturated heterocycles. The van der Waals surface area contributed by atoms with E-state index in [0.717, 1.165) is 3.57 Å². The number of carbonyl (C=O) groups is 1. The number of halogens is 1. The van der Waals surface area contributed by atoms with Gasteiger partial charge in [-0.15, -0.1) is 0 Å². The highest BCUT2D eigenvalue weighted by Crippen LogP contribution is 2.00. The summed E-state index contributed by atoms with van der Waals surface area (Å²) in [5.74, 6) is -0.253. The van der Waals surface area contributed by atoms with E-state index in [1.807, 2.05) is 42.5 Å². The van der Waals surface area contributed by atoms with E-state index in [0.29, 0.717) is 5.56 Å². The first kappa shape index (κ1) is 12.1. The normalized spacial score (nSPS) is 9.94. The highest BCUT2D eigenvalue weighted by atomic mass is 127. The van der Waals surface area contributed by atoms with Crippen LogP contribution in [0, 0.1) is 7.14 Å². The molecule has 0 fully saturated rings. The number of methoxy groups -OCH3 is 1. The summed E-state index contributed by atoms with van der Waals surface area (Å²) in [6.45, 7) is 0. The van der Waals surface area contributed by atoms with Crippen molar-refractivity contribution in [3.05, 3.63) is 67.3 Å². The Kier molecular flexibility index (Phi) is 4.14. The van der Waals surface area contributed by atoms with Gasteiger partial charge in [-0.1, -0.05) is 30.3 Å². The van der Waals surface area contributed by atoms with E-state index in [2.05, 4.69) is 12.1 Å². The average molecular weight is 339 g/mol. The Morgan fingerprint density at radius 1 is 1.00 bits per heavy atom. The van der Waals surface area contributed by atoms with Gasteiger partial charge in [-0.05, 0) is 24.3 Å². The third-order valence-electron chi connectivity index (χ3n) is 2.22.